The minimum absolute atomic E-state index is 0.848. The second-order valence-electron chi connectivity index (χ2n) is 4.84. The molecule has 1 aromatic carbocycles. The summed E-state index contributed by atoms with van der Waals surface area (Å²) in [5.41, 5.74) is 4.34. The lowest BCUT2D eigenvalue weighted by Crippen LogP contribution is -2.30. The summed E-state index contributed by atoms with van der Waals surface area (Å²) in [5.74, 6) is 0.848. The Balaban J connectivity index is 2.00. The molecule has 0 amide bonds. The molecular weight excluding hydrogens is 182 g/mol. The van der Waals surface area contributed by atoms with Gasteiger partial charge in [-0.1, -0.05) is 18.2 Å². The van der Waals surface area contributed by atoms with Crippen LogP contribution in [0.5, 0.6) is 0 Å². The van der Waals surface area contributed by atoms with Crippen molar-refractivity contribution in [1.29, 1.82) is 0 Å². The van der Waals surface area contributed by atoms with Gasteiger partial charge < -0.3 is 5.32 Å². The molecule has 0 saturated carbocycles. The second kappa shape index (κ2) is 4.80. The smallest absolute Gasteiger partial charge is 0.00173 e. The molecule has 1 saturated heterocycles. The van der Waals surface area contributed by atoms with Gasteiger partial charge in [-0.15, -0.1) is 0 Å². The third-order valence-electron chi connectivity index (χ3n) is 3.49. The molecule has 1 nitrogen and oxygen atoms in total. The summed E-state index contributed by atoms with van der Waals surface area (Å²) in [6, 6.07) is 6.89. The maximum Gasteiger partial charge on any atom is -0.00173 e. The highest BCUT2D eigenvalue weighted by atomic mass is 14.9. The molecule has 0 bridgehead atoms. The summed E-state index contributed by atoms with van der Waals surface area (Å²) in [6.45, 7) is 6.80. The standard InChI is InChI=1S/C14H21N/c1-11-5-6-13(8-12(11)2)9-14-4-3-7-15-10-14/h5-6,8,14-15H,3-4,7,9-10H2,1-2H3/t14-/m0/s1. The van der Waals surface area contributed by atoms with Gasteiger partial charge in [0, 0.05) is 0 Å². The number of hydrogen-bond acceptors (Lipinski definition) is 1. The Morgan fingerprint density at radius 3 is 2.80 bits per heavy atom. The largest absolute Gasteiger partial charge is 0.316 e. The van der Waals surface area contributed by atoms with Crippen molar-refractivity contribution in [1.82, 2.24) is 5.32 Å². The second-order valence-corrected chi connectivity index (χ2v) is 4.84. The van der Waals surface area contributed by atoms with Crippen LogP contribution in [0.15, 0.2) is 18.2 Å². The lowest BCUT2D eigenvalue weighted by atomic mass is 9.91. The summed E-state index contributed by atoms with van der Waals surface area (Å²) in [7, 11) is 0. The lowest BCUT2D eigenvalue weighted by molar-refractivity contribution is 0.376. The minimum Gasteiger partial charge on any atom is -0.316 e. The molecule has 0 aliphatic carbocycles. The van der Waals surface area contributed by atoms with Gasteiger partial charge >= 0.3 is 0 Å². The highest BCUT2D eigenvalue weighted by Gasteiger charge is 2.13. The Kier molecular flexibility index (Phi) is 3.42. The number of piperidine rings is 1. The monoisotopic (exact) mass is 203 g/mol. The predicted molar refractivity (Wildman–Crippen MR) is 65.2 cm³/mol. The Morgan fingerprint density at radius 2 is 2.13 bits per heavy atom. The van der Waals surface area contributed by atoms with Crippen molar-refractivity contribution in [2.24, 2.45) is 5.92 Å². The van der Waals surface area contributed by atoms with Gasteiger partial charge in [0.1, 0.15) is 0 Å². The molecular formula is C14H21N. The first-order valence-electron chi connectivity index (χ1n) is 6.02. The van der Waals surface area contributed by atoms with Crippen LogP contribution in [0.1, 0.15) is 29.5 Å². The SMILES string of the molecule is Cc1ccc(C[C@@H]2CCCNC2)cc1C. The van der Waals surface area contributed by atoms with E-state index < -0.39 is 0 Å². The Hall–Kier alpha value is -0.820. The van der Waals surface area contributed by atoms with Crippen LogP contribution in [0, 0.1) is 19.8 Å². The number of rotatable bonds is 2. The number of nitrogens with one attached hydrogen (secondary N) is 1. The Bertz CT molecular complexity index is 324. The van der Waals surface area contributed by atoms with Gasteiger partial charge in [-0.3, -0.25) is 0 Å². The molecule has 1 aliphatic rings. The molecule has 82 valence electrons. The van der Waals surface area contributed by atoms with E-state index in [1.807, 2.05) is 0 Å². The first-order chi connectivity index (χ1) is 7.25. The molecule has 1 heteroatoms. The van der Waals surface area contributed by atoms with Crippen LogP contribution in [0.25, 0.3) is 0 Å². The van der Waals surface area contributed by atoms with Crippen LogP contribution in [-0.2, 0) is 6.42 Å². The highest BCUT2D eigenvalue weighted by molar-refractivity contribution is 5.30. The average Bonchev–Trinajstić information content (AvgIpc) is 2.25. The summed E-state index contributed by atoms with van der Waals surface area (Å²) in [6.07, 6.45) is 3.98. The zero-order chi connectivity index (χ0) is 10.7. The average molecular weight is 203 g/mol. The van der Waals surface area contributed by atoms with Crippen LogP contribution < -0.4 is 5.32 Å². The fourth-order valence-corrected chi connectivity index (χ4v) is 2.36. The van der Waals surface area contributed by atoms with E-state index in [-0.39, 0.29) is 0 Å². The van der Waals surface area contributed by atoms with Gasteiger partial charge in [0.2, 0.25) is 0 Å². The van der Waals surface area contributed by atoms with Crippen molar-refractivity contribution < 1.29 is 0 Å². The van der Waals surface area contributed by atoms with Crippen LogP contribution in [0.3, 0.4) is 0 Å². The molecule has 1 aliphatic heterocycles. The van der Waals surface area contributed by atoms with E-state index in [4.69, 9.17) is 0 Å². The van der Waals surface area contributed by atoms with E-state index in [2.05, 4.69) is 37.4 Å². The van der Waals surface area contributed by atoms with Crippen molar-refractivity contribution in [3.63, 3.8) is 0 Å². The molecule has 0 unspecified atom stereocenters. The molecule has 0 aromatic heterocycles. The van der Waals surface area contributed by atoms with Gasteiger partial charge in [-0.05, 0) is 68.8 Å². The first-order valence-corrected chi connectivity index (χ1v) is 6.02. The van der Waals surface area contributed by atoms with Gasteiger partial charge in [-0.25, -0.2) is 0 Å². The van der Waals surface area contributed by atoms with Gasteiger partial charge in [0.05, 0.1) is 0 Å². The molecule has 1 N–H and O–H groups in total. The van der Waals surface area contributed by atoms with E-state index in [1.165, 1.54) is 49.0 Å². The van der Waals surface area contributed by atoms with E-state index in [1.54, 1.807) is 0 Å². The third-order valence-corrected chi connectivity index (χ3v) is 3.49. The number of hydrogen-bond donors (Lipinski definition) is 1. The lowest BCUT2D eigenvalue weighted by Gasteiger charge is -2.22. The maximum absolute atomic E-state index is 3.48. The minimum atomic E-state index is 0.848. The molecule has 1 heterocycles. The summed E-state index contributed by atoms with van der Waals surface area (Å²) in [5, 5.41) is 3.48. The zero-order valence-corrected chi connectivity index (χ0v) is 9.84. The third kappa shape index (κ3) is 2.82. The molecule has 1 fully saturated rings. The maximum atomic E-state index is 3.48. The van der Waals surface area contributed by atoms with Gasteiger partial charge in [0.25, 0.3) is 0 Å². The molecule has 0 radical (unpaired) electrons. The summed E-state index contributed by atoms with van der Waals surface area (Å²) < 4.78 is 0. The van der Waals surface area contributed by atoms with Gasteiger partial charge in [-0.2, -0.15) is 0 Å². The molecule has 1 aromatic rings. The zero-order valence-electron chi connectivity index (χ0n) is 9.84. The van der Waals surface area contributed by atoms with Crippen molar-refractivity contribution in [2.45, 2.75) is 33.1 Å². The fourth-order valence-electron chi connectivity index (χ4n) is 2.36. The molecule has 1 atom stereocenters. The first kappa shape index (κ1) is 10.7. The van der Waals surface area contributed by atoms with Gasteiger partial charge in [0.15, 0.2) is 0 Å². The van der Waals surface area contributed by atoms with Crippen LogP contribution in [-0.4, -0.2) is 13.1 Å². The van der Waals surface area contributed by atoms with Crippen LogP contribution >= 0.6 is 0 Å². The summed E-state index contributed by atoms with van der Waals surface area (Å²) >= 11 is 0. The Morgan fingerprint density at radius 1 is 1.27 bits per heavy atom. The van der Waals surface area contributed by atoms with E-state index in [0.29, 0.717) is 0 Å². The van der Waals surface area contributed by atoms with Crippen molar-refractivity contribution in [2.75, 3.05) is 13.1 Å². The number of benzene rings is 1. The predicted octanol–water partition coefficient (Wildman–Crippen LogP) is 2.85. The molecule has 15 heavy (non-hydrogen) atoms. The Labute approximate surface area is 92.9 Å². The van der Waals surface area contributed by atoms with Crippen LogP contribution in [0.2, 0.25) is 0 Å². The quantitative estimate of drug-likeness (QED) is 0.779. The number of aryl methyl sites for hydroxylation is 2. The molecule has 2 rings (SSSR count). The normalized spacial score (nSPS) is 21.6. The van der Waals surface area contributed by atoms with Crippen molar-refractivity contribution in [3.05, 3.63) is 34.9 Å². The van der Waals surface area contributed by atoms with Crippen LogP contribution in [0.4, 0.5) is 0 Å². The topological polar surface area (TPSA) is 12.0 Å². The fraction of sp³-hybridized carbons (Fsp3) is 0.571. The van der Waals surface area contributed by atoms with Crippen molar-refractivity contribution >= 4 is 0 Å². The van der Waals surface area contributed by atoms with Crippen molar-refractivity contribution in [3.8, 4) is 0 Å². The summed E-state index contributed by atoms with van der Waals surface area (Å²) in [4.78, 5) is 0. The molecule has 0 spiro atoms. The highest BCUT2D eigenvalue weighted by Crippen LogP contribution is 2.18. The van der Waals surface area contributed by atoms with E-state index >= 15 is 0 Å². The van der Waals surface area contributed by atoms with E-state index in [9.17, 15) is 0 Å². The van der Waals surface area contributed by atoms with E-state index in [0.717, 1.165) is 5.92 Å².